The van der Waals surface area contributed by atoms with Gasteiger partial charge in [0, 0.05) is 57.7 Å². The molecule has 0 aliphatic carbocycles. The number of benzene rings is 2. The monoisotopic (exact) mass is 509 g/mol. The highest BCUT2D eigenvalue weighted by molar-refractivity contribution is 7.89. The van der Waals surface area contributed by atoms with E-state index in [0.29, 0.717) is 42.1 Å². The quantitative estimate of drug-likeness (QED) is 0.468. The van der Waals surface area contributed by atoms with Crippen LogP contribution in [0.25, 0.3) is 10.8 Å². The van der Waals surface area contributed by atoms with Gasteiger partial charge in [-0.3, -0.25) is 4.90 Å². The molecule has 36 heavy (non-hydrogen) atoms. The second-order valence-electron chi connectivity index (χ2n) is 9.16. The molecule has 9 nitrogen and oxygen atoms in total. The Kier molecular flexibility index (Phi) is 7.17. The third kappa shape index (κ3) is 5.07. The standard InChI is InChI=1S/C26H31N5O4S/c1-2-35-25(32)22-18-27-26(28-19-22)30-15-13-29(14-16-30)23-9-11-31(12-10-23)36(33,34)24-8-7-20-5-3-4-6-21(20)17-24/h3-8,17-19,23H,2,9-16H2,1H3. The summed E-state index contributed by atoms with van der Waals surface area (Å²) in [7, 11) is -3.51. The lowest BCUT2D eigenvalue weighted by Crippen LogP contribution is -2.54. The van der Waals surface area contributed by atoms with E-state index in [4.69, 9.17) is 4.74 Å². The maximum atomic E-state index is 13.3. The number of rotatable bonds is 6. The van der Waals surface area contributed by atoms with Gasteiger partial charge >= 0.3 is 5.97 Å². The number of piperidine rings is 1. The van der Waals surface area contributed by atoms with Gasteiger partial charge in [-0.2, -0.15) is 4.31 Å². The molecule has 0 bridgehead atoms. The number of piperazine rings is 1. The fraction of sp³-hybridized carbons (Fsp3) is 0.423. The molecule has 0 saturated carbocycles. The molecule has 2 aliphatic rings. The number of hydrogen-bond donors (Lipinski definition) is 0. The van der Waals surface area contributed by atoms with E-state index in [9.17, 15) is 13.2 Å². The van der Waals surface area contributed by atoms with Gasteiger partial charge in [-0.25, -0.2) is 23.2 Å². The zero-order valence-electron chi connectivity index (χ0n) is 20.4. The van der Waals surface area contributed by atoms with E-state index in [2.05, 4.69) is 19.8 Å². The molecule has 2 aliphatic heterocycles. The van der Waals surface area contributed by atoms with Crippen LogP contribution in [0.5, 0.6) is 0 Å². The van der Waals surface area contributed by atoms with E-state index in [1.54, 1.807) is 23.4 Å². The minimum absolute atomic E-state index is 0.316. The summed E-state index contributed by atoms with van der Waals surface area (Å²) in [6.45, 7) is 6.44. The Bertz CT molecular complexity index is 1320. The van der Waals surface area contributed by atoms with Gasteiger partial charge in [-0.15, -0.1) is 0 Å². The molecule has 0 radical (unpaired) electrons. The number of nitrogens with zero attached hydrogens (tertiary/aromatic N) is 5. The third-order valence-electron chi connectivity index (χ3n) is 7.05. The third-order valence-corrected chi connectivity index (χ3v) is 8.94. The minimum Gasteiger partial charge on any atom is -0.462 e. The van der Waals surface area contributed by atoms with Crippen LogP contribution in [0.1, 0.15) is 30.1 Å². The van der Waals surface area contributed by atoms with Crippen molar-refractivity contribution in [1.29, 1.82) is 0 Å². The predicted octanol–water partition coefficient (Wildman–Crippen LogP) is 2.78. The number of carbonyl (C=O) groups excluding carboxylic acids is 1. The Morgan fingerprint density at radius 1 is 0.944 bits per heavy atom. The number of esters is 1. The highest BCUT2D eigenvalue weighted by Gasteiger charge is 2.33. The Balaban J connectivity index is 1.15. The van der Waals surface area contributed by atoms with Gasteiger partial charge in [0.1, 0.15) is 0 Å². The number of hydrogen-bond acceptors (Lipinski definition) is 8. The van der Waals surface area contributed by atoms with Crippen LogP contribution in [0.4, 0.5) is 5.95 Å². The first-order valence-corrected chi connectivity index (χ1v) is 13.9. The molecule has 0 unspecified atom stereocenters. The van der Waals surface area contributed by atoms with E-state index < -0.39 is 16.0 Å². The molecule has 0 spiro atoms. The van der Waals surface area contributed by atoms with Crippen molar-refractivity contribution >= 4 is 32.7 Å². The van der Waals surface area contributed by atoms with Crippen molar-refractivity contribution in [2.75, 3.05) is 50.8 Å². The first-order valence-electron chi connectivity index (χ1n) is 12.4. The van der Waals surface area contributed by atoms with Gasteiger partial charge in [-0.05, 0) is 42.7 Å². The molecule has 0 N–H and O–H groups in total. The zero-order chi connectivity index (χ0) is 25.1. The molecule has 190 valence electrons. The van der Waals surface area contributed by atoms with E-state index in [1.165, 1.54) is 12.4 Å². The van der Waals surface area contributed by atoms with Gasteiger partial charge in [0.2, 0.25) is 16.0 Å². The van der Waals surface area contributed by atoms with Crippen molar-refractivity contribution < 1.29 is 17.9 Å². The molecular weight excluding hydrogens is 478 g/mol. The summed E-state index contributed by atoms with van der Waals surface area (Å²) >= 11 is 0. The summed E-state index contributed by atoms with van der Waals surface area (Å²) in [5, 5.41) is 1.97. The average molecular weight is 510 g/mol. The zero-order valence-corrected chi connectivity index (χ0v) is 21.2. The summed E-state index contributed by atoms with van der Waals surface area (Å²) in [5.41, 5.74) is 0.352. The Labute approximate surface area is 211 Å². The lowest BCUT2D eigenvalue weighted by atomic mass is 10.0. The minimum atomic E-state index is -3.51. The van der Waals surface area contributed by atoms with Crippen LogP contribution in [-0.4, -0.2) is 85.5 Å². The van der Waals surface area contributed by atoms with Gasteiger partial charge in [0.25, 0.3) is 0 Å². The molecule has 10 heteroatoms. The second kappa shape index (κ2) is 10.5. The number of anilines is 1. The number of aromatic nitrogens is 2. The molecule has 2 fully saturated rings. The largest absolute Gasteiger partial charge is 0.462 e. The summed E-state index contributed by atoms with van der Waals surface area (Å²) in [6, 6.07) is 13.5. The highest BCUT2D eigenvalue weighted by atomic mass is 32.2. The Hall–Kier alpha value is -3.08. The van der Waals surface area contributed by atoms with Crippen LogP contribution in [0.2, 0.25) is 0 Å². The van der Waals surface area contributed by atoms with Crippen LogP contribution >= 0.6 is 0 Å². The molecule has 2 saturated heterocycles. The summed E-state index contributed by atoms with van der Waals surface area (Å²) < 4.78 is 33.2. The summed E-state index contributed by atoms with van der Waals surface area (Å²) in [6.07, 6.45) is 4.66. The fourth-order valence-electron chi connectivity index (χ4n) is 5.02. The molecule has 5 rings (SSSR count). The average Bonchev–Trinajstić information content (AvgIpc) is 2.93. The number of ether oxygens (including phenoxy) is 1. The Morgan fingerprint density at radius 2 is 1.61 bits per heavy atom. The van der Waals surface area contributed by atoms with Gasteiger partial charge in [0.15, 0.2) is 0 Å². The first-order chi connectivity index (χ1) is 17.5. The van der Waals surface area contributed by atoms with Gasteiger partial charge in [0.05, 0.1) is 17.1 Å². The first kappa shape index (κ1) is 24.6. The van der Waals surface area contributed by atoms with Crippen LogP contribution < -0.4 is 4.90 Å². The van der Waals surface area contributed by atoms with Crippen molar-refractivity contribution in [3.8, 4) is 0 Å². The van der Waals surface area contributed by atoms with Crippen LogP contribution in [0.3, 0.4) is 0 Å². The summed E-state index contributed by atoms with van der Waals surface area (Å²) in [4.78, 5) is 25.4. The topological polar surface area (TPSA) is 95.9 Å². The smallest absolute Gasteiger partial charge is 0.341 e. The highest BCUT2D eigenvalue weighted by Crippen LogP contribution is 2.26. The molecule has 0 amide bonds. The van der Waals surface area contributed by atoms with Crippen LogP contribution in [0, 0.1) is 0 Å². The number of sulfonamides is 1. The fourth-order valence-corrected chi connectivity index (χ4v) is 6.52. The molecule has 1 aromatic heterocycles. The number of fused-ring (bicyclic) bond motifs is 1. The van der Waals surface area contributed by atoms with Crippen LogP contribution in [0.15, 0.2) is 59.8 Å². The van der Waals surface area contributed by atoms with Gasteiger partial charge < -0.3 is 9.64 Å². The van der Waals surface area contributed by atoms with E-state index >= 15 is 0 Å². The van der Waals surface area contributed by atoms with Crippen LogP contribution in [-0.2, 0) is 14.8 Å². The van der Waals surface area contributed by atoms with Crippen molar-refractivity contribution in [2.45, 2.75) is 30.7 Å². The lowest BCUT2D eigenvalue weighted by Gasteiger charge is -2.42. The lowest BCUT2D eigenvalue weighted by molar-refractivity contribution is 0.0525. The summed E-state index contributed by atoms with van der Waals surface area (Å²) in [5.74, 6) is 0.196. The van der Waals surface area contributed by atoms with E-state index in [0.717, 1.165) is 49.8 Å². The number of carbonyl (C=O) groups is 1. The Morgan fingerprint density at radius 3 is 2.28 bits per heavy atom. The molecule has 3 aromatic rings. The second-order valence-corrected chi connectivity index (χ2v) is 11.1. The SMILES string of the molecule is CCOC(=O)c1cnc(N2CCN(C3CCN(S(=O)(=O)c4ccc5ccccc5c4)CC3)CC2)nc1. The normalized spacial score (nSPS) is 18.4. The maximum absolute atomic E-state index is 13.3. The van der Waals surface area contributed by atoms with Crippen molar-refractivity contribution in [3.05, 3.63) is 60.4 Å². The maximum Gasteiger partial charge on any atom is 0.341 e. The van der Waals surface area contributed by atoms with Crippen molar-refractivity contribution in [3.63, 3.8) is 0 Å². The van der Waals surface area contributed by atoms with Crippen molar-refractivity contribution in [1.82, 2.24) is 19.2 Å². The molecule has 0 atom stereocenters. The molecule has 3 heterocycles. The predicted molar refractivity (Wildman–Crippen MR) is 138 cm³/mol. The van der Waals surface area contributed by atoms with E-state index in [1.807, 2.05) is 30.3 Å². The molecule has 2 aromatic carbocycles. The van der Waals surface area contributed by atoms with Crippen molar-refractivity contribution in [2.24, 2.45) is 0 Å². The van der Waals surface area contributed by atoms with Gasteiger partial charge in [-0.1, -0.05) is 30.3 Å². The van der Waals surface area contributed by atoms with E-state index in [-0.39, 0.29) is 0 Å². The molecular formula is C26H31N5O4S.